The summed E-state index contributed by atoms with van der Waals surface area (Å²) in [6.07, 6.45) is -16.4. The van der Waals surface area contributed by atoms with E-state index in [-0.39, 0.29) is 12.1 Å². The topological polar surface area (TPSA) is 44.7 Å². The zero-order valence-corrected chi connectivity index (χ0v) is 18.0. The van der Waals surface area contributed by atoms with E-state index in [0.29, 0.717) is 11.4 Å². The second-order valence-corrected chi connectivity index (χ2v) is 7.59. The summed E-state index contributed by atoms with van der Waals surface area (Å²) in [6, 6.07) is 20.1. The molecule has 3 aromatic rings. The normalized spacial score (nSPS) is 12.9. The van der Waals surface area contributed by atoms with Gasteiger partial charge in [-0.25, -0.2) is 0 Å². The Bertz CT molecular complexity index is 1090. The first-order valence-electron chi connectivity index (χ1n) is 10.3. The molecule has 0 aromatic heterocycles. The van der Waals surface area contributed by atoms with Crippen LogP contribution in [0.15, 0.2) is 78.9 Å². The van der Waals surface area contributed by atoms with Crippen LogP contribution in [0.1, 0.15) is 5.56 Å². The van der Waals surface area contributed by atoms with Crippen molar-refractivity contribution in [3.05, 3.63) is 84.4 Å². The first kappa shape index (κ1) is 26.1. The molecule has 0 amide bonds. The maximum atomic E-state index is 13.3. The van der Waals surface area contributed by atoms with E-state index >= 15 is 0 Å². The molecule has 0 saturated carbocycles. The second kappa shape index (κ2) is 10.9. The minimum absolute atomic E-state index is 0.198. The highest BCUT2D eigenvalue weighted by Crippen LogP contribution is 2.30. The highest BCUT2D eigenvalue weighted by atomic mass is 19.4. The van der Waals surface area contributed by atoms with Gasteiger partial charge in [-0.2, -0.15) is 30.7 Å². The Hall–Kier alpha value is -3.47. The molecule has 11 heteroatoms. The van der Waals surface area contributed by atoms with Crippen LogP contribution in [0.4, 0.5) is 47.8 Å². The van der Waals surface area contributed by atoms with Crippen molar-refractivity contribution in [1.29, 1.82) is 0 Å². The van der Waals surface area contributed by atoms with Crippen molar-refractivity contribution in [2.75, 3.05) is 16.8 Å². The van der Waals surface area contributed by atoms with Crippen LogP contribution in [0.5, 0.6) is 5.75 Å². The first-order valence-corrected chi connectivity index (χ1v) is 10.3. The number of aliphatic hydroxyl groups is 1. The zero-order valence-electron chi connectivity index (χ0n) is 18.0. The van der Waals surface area contributed by atoms with E-state index < -0.39 is 37.1 Å². The first-order chi connectivity index (χ1) is 16.4. The van der Waals surface area contributed by atoms with Gasteiger partial charge in [0.15, 0.2) is 6.10 Å². The number of rotatable bonds is 10. The Labute approximate surface area is 196 Å². The molecule has 1 atom stereocenters. The summed E-state index contributed by atoms with van der Waals surface area (Å²) < 4.78 is 94.8. The third kappa shape index (κ3) is 7.51. The molecule has 35 heavy (non-hydrogen) atoms. The van der Waals surface area contributed by atoms with Gasteiger partial charge in [-0.05, 0) is 48.0 Å². The molecule has 0 saturated heterocycles. The van der Waals surface area contributed by atoms with Crippen LogP contribution in [0, 0.1) is 0 Å². The molecule has 0 aliphatic heterocycles. The number of hydrogen-bond donors (Lipinski definition) is 2. The Morgan fingerprint density at radius 2 is 1.49 bits per heavy atom. The van der Waals surface area contributed by atoms with Crippen molar-refractivity contribution < 1.29 is 40.6 Å². The standard InChI is InChI=1S/C24H21F7N2O2/c25-22(26)24(30,31)35-20-11-4-6-16(12-20)14-33(15-21(34)23(27,28)29)19-10-5-9-18(13-19)32-17-7-2-1-3-8-17/h1-13,21-22,32,34H,14-15H2. The Morgan fingerprint density at radius 1 is 0.829 bits per heavy atom. The maximum Gasteiger partial charge on any atom is 0.461 e. The van der Waals surface area contributed by atoms with Crippen LogP contribution in [0.2, 0.25) is 0 Å². The number of anilines is 3. The molecule has 0 fully saturated rings. The molecule has 1 unspecified atom stereocenters. The van der Waals surface area contributed by atoms with E-state index in [1.165, 1.54) is 23.1 Å². The van der Waals surface area contributed by atoms with Gasteiger partial charge in [0.05, 0.1) is 6.54 Å². The summed E-state index contributed by atoms with van der Waals surface area (Å²) in [6.45, 7) is -1.13. The summed E-state index contributed by atoms with van der Waals surface area (Å²) in [5, 5.41) is 12.8. The van der Waals surface area contributed by atoms with Crippen LogP contribution in [-0.2, 0) is 6.54 Å². The minimum atomic E-state index is -4.90. The Kier molecular flexibility index (Phi) is 8.11. The molecule has 0 heterocycles. The Morgan fingerprint density at radius 3 is 2.14 bits per heavy atom. The van der Waals surface area contributed by atoms with Crippen LogP contribution in [0.25, 0.3) is 0 Å². The lowest BCUT2D eigenvalue weighted by atomic mass is 10.1. The average molecular weight is 502 g/mol. The van der Waals surface area contributed by atoms with E-state index in [2.05, 4.69) is 10.1 Å². The molecular formula is C24H21F7N2O2. The lowest BCUT2D eigenvalue weighted by Crippen LogP contribution is -2.41. The van der Waals surface area contributed by atoms with Gasteiger partial charge >= 0.3 is 18.7 Å². The SMILES string of the molecule is OC(CN(Cc1cccc(OC(F)(F)C(F)F)c1)c1cccc(Nc2ccccc2)c1)C(F)(F)F. The van der Waals surface area contributed by atoms with Gasteiger partial charge in [0, 0.05) is 23.6 Å². The molecule has 188 valence electrons. The van der Waals surface area contributed by atoms with Gasteiger partial charge in [0.25, 0.3) is 0 Å². The molecule has 3 aromatic carbocycles. The molecule has 0 radical (unpaired) electrons. The van der Waals surface area contributed by atoms with E-state index in [1.54, 1.807) is 42.5 Å². The van der Waals surface area contributed by atoms with Crippen molar-refractivity contribution in [2.45, 2.75) is 31.4 Å². The molecule has 0 spiro atoms. The third-order valence-corrected chi connectivity index (χ3v) is 4.82. The van der Waals surface area contributed by atoms with Gasteiger partial charge < -0.3 is 20.1 Å². The van der Waals surface area contributed by atoms with Crippen molar-refractivity contribution in [3.63, 3.8) is 0 Å². The lowest BCUT2D eigenvalue weighted by molar-refractivity contribution is -0.253. The number of nitrogens with zero attached hydrogens (tertiary/aromatic N) is 1. The lowest BCUT2D eigenvalue weighted by Gasteiger charge is -2.29. The number of hydrogen-bond acceptors (Lipinski definition) is 4. The van der Waals surface area contributed by atoms with Gasteiger partial charge in [0.1, 0.15) is 5.75 Å². The van der Waals surface area contributed by atoms with Gasteiger partial charge in [-0.3, -0.25) is 0 Å². The molecule has 3 rings (SSSR count). The number of nitrogens with one attached hydrogen (secondary N) is 1. The largest absolute Gasteiger partial charge is 0.461 e. The van der Waals surface area contributed by atoms with Gasteiger partial charge in [-0.1, -0.05) is 36.4 Å². The van der Waals surface area contributed by atoms with Crippen molar-refractivity contribution in [3.8, 4) is 5.75 Å². The Balaban J connectivity index is 1.87. The number of alkyl halides is 7. The summed E-state index contributed by atoms with van der Waals surface area (Å²) in [5.74, 6) is -0.580. The quantitative estimate of drug-likeness (QED) is 0.307. The number of benzene rings is 3. The number of aliphatic hydroxyl groups excluding tert-OH is 1. The van der Waals surface area contributed by atoms with E-state index in [1.807, 2.05) is 6.07 Å². The predicted molar refractivity (Wildman–Crippen MR) is 117 cm³/mol. The number of ether oxygens (including phenoxy) is 1. The van der Waals surface area contributed by atoms with Crippen LogP contribution in [0.3, 0.4) is 0 Å². The zero-order chi connectivity index (χ0) is 25.6. The smallest absolute Gasteiger partial charge is 0.428 e. The van der Waals surface area contributed by atoms with E-state index in [0.717, 1.165) is 17.8 Å². The van der Waals surface area contributed by atoms with Crippen LogP contribution < -0.4 is 15.0 Å². The molecular weight excluding hydrogens is 481 g/mol. The van der Waals surface area contributed by atoms with E-state index in [9.17, 15) is 35.8 Å². The molecule has 2 N–H and O–H groups in total. The van der Waals surface area contributed by atoms with Gasteiger partial charge in [0.2, 0.25) is 0 Å². The molecule has 0 bridgehead atoms. The van der Waals surface area contributed by atoms with Crippen molar-refractivity contribution in [2.24, 2.45) is 0 Å². The van der Waals surface area contributed by atoms with Crippen molar-refractivity contribution in [1.82, 2.24) is 0 Å². The maximum absolute atomic E-state index is 13.3. The summed E-state index contributed by atoms with van der Waals surface area (Å²) in [5.41, 5.74) is 1.77. The number of halogens is 7. The minimum Gasteiger partial charge on any atom is -0.428 e. The van der Waals surface area contributed by atoms with Crippen LogP contribution >= 0.6 is 0 Å². The van der Waals surface area contributed by atoms with Crippen molar-refractivity contribution >= 4 is 17.1 Å². The number of para-hydroxylation sites is 1. The fourth-order valence-electron chi connectivity index (χ4n) is 3.17. The van der Waals surface area contributed by atoms with Gasteiger partial charge in [-0.15, -0.1) is 0 Å². The third-order valence-electron chi connectivity index (χ3n) is 4.82. The summed E-state index contributed by atoms with van der Waals surface area (Å²) in [4.78, 5) is 1.19. The summed E-state index contributed by atoms with van der Waals surface area (Å²) >= 11 is 0. The van der Waals surface area contributed by atoms with Crippen LogP contribution in [-0.4, -0.2) is 36.5 Å². The highest BCUT2D eigenvalue weighted by molar-refractivity contribution is 5.65. The highest BCUT2D eigenvalue weighted by Gasteiger charge is 2.44. The average Bonchev–Trinajstić information content (AvgIpc) is 2.79. The fourth-order valence-corrected chi connectivity index (χ4v) is 3.17. The monoisotopic (exact) mass is 502 g/mol. The van der Waals surface area contributed by atoms with E-state index in [4.69, 9.17) is 0 Å². The summed E-state index contributed by atoms with van der Waals surface area (Å²) in [7, 11) is 0. The second-order valence-electron chi connectivity index (χ2n) is 7.59. The molecule has 0 aliphatic carbocycles. The molecule has 0 aliphatic rings. The predicted octanol–water partition coefficient (Wildman–Crippen LogP) is 6.60. The fraction of sp³-hybridized carbons (Fsp3) is 0.250. The molecule has 4 nitrogen and oxygen atoms in total.